The summed E-state index contributed by atoms with van der Waals surface area (Å²) in [6.45, 7) is 8.76. The fourth-order valence-electron chi connectivity index (χ4n) is 2.52. The second kappa shape index (κ2) is 11.9. The number of rotatable bonds is 11. The first-order chi connectivity index (χ1) is 14.5. The number of hydrogen-bond acceptors (Lipinski definition) is 6. The summed E-state index contributed by atoms with van der Waals surface area (Å²) in [5.41, 5.74) is 3.63. The number of methoxy groups -OCH3 is 1. The SMILES string of the molecule is C=CCOc1ccc(C(=O)N/N=C/c2cc(Br)c(OCC)c(OCC)c2)cc1OC. The van der Waals surface area contributed by atoms with Crippen LogP contribution in [0.4, 0.5) is 0 Å². The Morgan fingerprint density at radius 3 is 2.53 bits per heavy atom. The molecule has 0 saturated carbocycles. The van der Waals surface area contributed by atoms with Crippen molar-refractivity contribution in [3.63, 3.8) is 0 Å². The molecule has 2 rings (SSSR count). The van der Waals surface area contributed by atoms with Crippen molar-refractivity contribution in [2.75, 3.05) is 26.9 Å². The van der Waals surface area contributed by atoms with Crippen molar-refractivity contribution in [2.24, 2.45) is 5.10 Å². The molecule has 30 heavy (non-hydrogen) atoms. The lowest BCUT2D eigenvalue weighted by Gasteiger charge is -2.13. The van der Waals surface area contributed by atoms with Crippen LogP contribution in [0.3, 0.4) is 0 Å². The zero-order valence-corrected chi connectivity index (χ0v) is 18.8. The molecule has 2 aromatic carbocycles. The van der Waals surface area contributed by atoms with Gasteiger partial charge in [0.05, 0.1) is 31.0 Å². The lowest BCUT2D eigenvalue weighted by molar-refractivity contribution is 0.0954. The van der Waals surface area contributed by atoms with Gasteiger partial charge in [0, 0.05) is 5.56 Å². The van der Waals surface area contributed by atoms with Gasteiger partial charge in [0.2, 0.25) is 0 Å². The highest BCUT2D eigenvalue weighted by atomic mass is 79.9. The molecule has 0 aliphatic rings. The molecule has 0 heterocycles. The van der Waals surface area contributed by atoms with Gasteiger partial charge in [0.1, 0.15) is 6.61 Å². The van der Waals surface area contributed by atoms with Gasteiger partial charge in [-0.15, -0.1) is 0 Å². The van der Waals surface area contributed by atoms with Gasteiger partial charge in [-0.25, -0.2) is 5.43 Å². The standard InChI is InChI=1S/C22H25BrN2O5/c1-5-10-30-18-9-8-16(13-19(18)27-4)22(26)25-24-14-15-11-17(23)21(29-7-3)20(12-15)28-6-2/h5,8-9,11-14H,1,6-7,10H2,2-4H3,(H,25,26)/b24-14+. The Bertz CT molecular complexity index is 915. The third-order valence-electron chi connectivity index (χ3n) is 3.78. The molecule has 0 unspecified atom stereocenters. The zero-order chi connectivity index (χ0) is 21.9. The molecule has 0 spiro atoms. The lowest BCUT2D eigenvalue weighted by Crippen LogP contribution is -2.17. The van der Waals surface area contributed by atoms with Gasteiger partial charge >= 0.3 is 0 Å². The molecular formula is C22H25BrN2O5. The van der Waals surface area contributed by atoms with E-state index < -0.39 is 0 Å². The highest BCUT2D eigenvalue weighted by molar-refractivity contribution is 9.10. The van der Waals surface area contributed by atoms with E-state index in [0.717, 1.165) is 10.0 Å². The molecule has 1 N–H and O–H groups in total. The molecule has 0 aliphatic heterocycles. The van der Waals surface area contributed by atoms with E-state index in [0.29, 0.717) is 48.4 Å². The topological polar surface area (TPSA) is 78.4 Å². The Labute approximate surface area is 184 Å². The van der Waals surface area contributed by atoms with E-state index in [9.17, 15) is 4.79 Å². The number of hydrazone groups is 1. The van der Waals surface area contributed by atoms with E-state index in [1.807, 2.05) is 19.9 Å². The summed E-state index contributed by atoms with van der Waals surface area (Å²) in [6.07, 6.45) is 3.16. The predicted octanol–water partition coefficient (Wildman–Crippen LogP) is 4.58. The van der Waals surface area contributed by atoms with Gasteiger partial charge in [-0.2, -0.15) is 5.10 Å². The van der Waals surface area contributed by atoms with E-state index >= 15 is 0 Å². The molecule has 7 nitrogen and oxygen atoms in total. The minimum atomic E-state index is -0.380. The molecule has 0 radical (unpaired) electrons. The molecule has 0 aromatic heterocycles. The molecule has 0 bridgehead atoms. The van der Waals surface area contributed by atoms with Crippen molar-refractivity contribution >= 4 is 28.1 Å². The average Bonchev–Trinajstić information content (AvgIpc) is 2.74. The highest BCUT2D eigenvalue weighted by Gasteiger charge is 2.12. The minimum Gasteiger partial charge on any atom is -0.493 e. The van der Waals surface area contributed by atoms with E-state index in [4.69, 9.17) is 18.9 Å². The smallest absolute Gasteiger partial charge is 0.271 e. The van der Waals surface area contributed by atoms with Crippen LogP contribution in [0.1, 0.15) is 29.8 Å². The summed E-state index contributed by atoms with van der Waals surface area (Å²) in [6, 6.07) is 8.51. The van der Waals surface area contributed by atoms with Crippen LogP contribution in [0, 0.1) is 0 Å². The van der Waals surface area contributed by atoms with Gasteiger partial charge in [0.25, 0.3) is 5.91 Å². The predicted molar refractivity (Wildman–Crippen MR) is 120 cm³/mol. The Balaban J connectivity index is 2.13. The number of amides is 1. The molecular weight excluding hydrogens is 452 g/mol. The first-order valence-corrected chi connectivity index (χ1v) is 10.2. The van der Waals surface area contributed by atoms with Gasteiger partial charge in [0.15, 0.2) is 23.0 Å². The molecule has 1 amide bonds. The van der Waals surface area contributed by atoms with Gasteiger partial charge in [-0.05, 0) is 65.7 Å². The maximum atomic E-state index is 12.4. The average molecular weight is 477 g/mol. The van der Waals surface area contributed by atoms with E-state index in [-0.39, 0.29) is 5.91 Å². The lowest BCUT2D eigenvalue weighted by atomic mass is 10.2. The van der Waals surface area contributed by atoms with E-state index in [1.54, 1.807) is 30.3 Å². The number of nitrogens with zero attached hydrogens (tertiary/aromatic N) is 1. The van der Waals surface area contributed by atoms with E-state index in [2.05, 4.69) is 33.0 Å². The molecule has 0 atom stereocenters. The van der Waals surface area contributed by atoms with Crippen molar-refractivity contribution in [1.29, 1.82) is 0 Å². The van der Waals surface area contributed by atoms with Crippen LogP contribution in [0.25, 0.3) is 0 Å². The van der Waals surface area contributed by atoms with Gasteiger partial charge in [-0.3, -0.25) is 4.79 Å². The van der Waals surface area contributed by atoms with Crippen molar-refractivity contribution in [2.45, 2.75) is 13.8 Å². The molecule has 2 aromatic rings. The number of nitrogens with one attached hydrogen (secondary N) is 1. The first kappa shape index (κ1) is 23.3. The Kier molecular flexibility index (Phi) is 9.21. The van der Waals surface area contributed by atoms with Crippen LogP contribution in [0.15, 0.2) is 52.6 Å². The Morgan fingerprint density at radius 2 is 1.87 bits per heavy atom. The number of carbonyl (C=O) groups excluding carboxylic acids is 1. The number of halogens is 1. The monoisotopic (exact) mass is 476 g/mol. The third-order valence-corrected chi connectivity index (χ3v) is 4.37. The van der Waals surface area contributed by atoms with Crippen LogP contribution in [-0.4, -0.2) is 39.1 Å². The third kappa shape index (κ3) is 6.25. The summed E-state index contributed by atoms with van der Waals surface area (Å²) in [4.78, 5) is 12.4. The molecule has 0 aliphatic carbocycles. The summed E-state index contributed by atoms with van der Waals surface area (Å²) in [5, 5.41) is 4.04. The number of carbonyl (C=O) groups is 1. The number of ether oxygens (including phenoxy) is 4. The van der Waals surface area contributed by atoms with Gasteiger partial charge in [-0.1, -0.05) is 12.7 Å². The summed E-state index contributed by atoms with van der Waals surface area (Å²) < 4.78 is 22.8. The molecule has 0 saturated heterocycles. The Hall–Kier alpha value is -3.00. The molecule has 8 heteroatoms. The van der Waals surface area contributed by atoms with Crippen LogP contribution < -0.4 is 24.4 Å². The maximum Gasteiger partial charge on any atom is 0.271 e. The fourth-order valence-corrected chi connectivity index (χ4v) is 3.09. The maximum absolute atomic E-state index is 12.4. The van der Waals surface area contributed by atoms with Crippen LogP contribution >= 0.6 is 15.9 Å². The summed E-state index contributed by atoms with van der Waals surface area (Å²) >= 11 is 3.48. The van der Waals surface area contributed by atoms with Crippen molar-refractivity contribution in [3.8, 4) is 23.0 Å². The van der Waals surface area contributed by atoms with Crippen molar-refractivity contribution < 1.29 is 23.7 Å². The minimum absolute atomic E-state index is 0.341. The first-order valence-electron chi connectivity index (χ1n) is 9.38. The molecule has 0 fully saturated rings. The van der Waals surface area contributed by atoms with Crippen molar-refractivity contribution in [3.05, 3.63) is 58.6 Å². The van der Waals surface area contributed by atoms with Crippen LogP contribution in [-0.2, 0) is 0 Å². The number of hydrogen-bond donors (Lipinski definition) is 1. The van der Waals surface area contributed by atoms with Crippen LogP contribution in [0.5, 0.6) is 23.0 Å². The second-order valence-corrected chi connectivity index (χ2v) is 6.71. The molecule has 160 valence electrons. The largest absolute Gasteiger partial charge is 0.493 e. The van der Waals surface area contributed by atoms with Crippen LogP contribution in [0.2, 0.25) is 0 Å². The highest BCUT2D eigenvalue weighted by Crippen LogP contribution is 2.36. The van der Waals surface area contributed by atoms with E-state index in [1.165, 1.54) is 13.3 Å². The normalized spacial score (nSPS) is 10.5. The second-order valence-electron chi connectivity index (χ2n) is 5.86. The summed E-state index contributed by atoms with van der Waals surface area (Å²) in [7, 11) is 1.51. The number of benzene rings is 2. The zero-order valence-electron chi connectivity index (χ0n) is 17.2. The Morgan fingerprint density at radius 1 is 1.10 bits per heavy atom. The van der Waals surface area contributed by atoms with Crippen molar-refractivity contribution in [1.82, 2.24) is 5.43 Å². The summed E-state index contributed by atoms with van der Waals surface area (Å²) in [5.74, 6) is 1.83. The fraction of sp³-hybridized carbons (Fsp3) is 0.273. The quantitative estimate of drug-likeness (QED) is 0.291. The van der Waals surface area contributed by atoms with Gasteiger partial charge < -0.3 is 18.9 Å².